The van der Waals surface area contributed by atoms with Crippen molar-refractivity contribution in [3.05, 3.63) is 91.4 Å². The molecule has 0 fully saturated rings. The van der Waals surface area contributed by atoms with Crippen LogP contribution in [0, 0.1) is 41.5 Å². The van der Waals surface area contributed by atoms with Crippen LogP contribution < -0.4 is 0 Å². The van der Waals surface area contributed by atoms with Crippen molar-refractivity contribution in [2.75, 3.05) is 0 Å². The van der Waals surface area contributed by atoms with Crippen LogP contribution in [0.5, 0.6) is 0 Å². The van der Waals surface area contributed by atoms with Crippen LogP contribution in [0.3, 0.4) is 0 Å². The minimum absolute atomic E-state index is 0.113. The molecule has 0 spiro atoms. The summed E-state index contributed by atoms with van der Waals surface area (Å²) in [6.45, 7) is 17.8. The van der Waals surface area contributed by atoms with Crippen molar-refractivity contribution in [2.24, 2.45) is 9.98 Å². The number of aliphatic hydroxyl groups excluding tert-OH is 2. The number of nitrogens with zero attached hydrogens (tertiary/aromatic N) is 2. The Bertz CT molecular complexity index is 1220. The van der Waals surface area contributed by atoms with Gasteiger partial charge in [-0.15, -0.1) is 0 Å². The number of carbonyl (C=O) groups excluding carboxylic acids is 2. The summed E-state index contributed by atoms with van der Waals surface area (Å²) in [7, 11) is 0. The summed E-state index contributed by atoms with van der Waals surface area (Å²) in [5.74, 6) is -0.828. The van der Waals surface area contributed by atoms with E-state index in [-0.39, 0.29) is 34.2 Å². The molecule has 0 amide bonds. The zero-order chi connectivity index (χ0) is 28.9. The van der Waals surface area contributed by atoms with E-state index in [1.165, 1.54) is 40.1 Å². The molecule has 0 aliphatic rings. The molecule has 202 valence electrons. The van der Waals surface area contributed by atoms with Gasteiger partial charge in [0.1, 0.15) is 23.6 Å². The summed E-state index contributed by atoms with van der Waals surface area (Å²) < 4.78 is 0. The zero-order valence-corrected chi connectivity index (χ0v) is 24.2. The molecular weight excluding hydrogens is 476 g/mol. The lowest BCUT2D eigenvalue weighted by atomic mass is 9.84. The summed E-state index contributed by atoms with van der Waals surface area (Å²) in [6, 6.07) is 7.15. The average Bonchev–Trinajstić information content (AvgIpc) is 2.74. The van der Waals surface area contributed by atoms with Crippen molar-refractivity contribution in [1.82, 2.24) is 0 Å². The van der Waals surface area contributed by atoms with E-state index in [1.54, 1.807) is 0 Å². The predicted octanol–water partition coefficient (Wildman–Crippen LogP) is 7.30. The van der Waals surface area contributed by atoms with E-state index in [0.717, 1.165) is 44.5 Å². The molecule has 0 aliphatic heterocycles. The molecule has 2 rings (SSSR count). The molecule has 38 heavy (non-hydrogen) atoms. The Morgan fingerprint density at radius 2 is 0.868 bits per heavy atom. The summed E-state index contributed by atoms with van der Waals surface area (Å²) in [4.78, 5) is 34.3. The van der Waals surface area contributed by atoms with Gasteiger partial charge < -0.3 is 10.2 Å². The molecule has 6 heteroatoms. The van der Waals surface area contributed by atoms with Crippen LogP contribution in [-0.4, -0.2) is 34.2 Å². The fourth-order valence-electron chi connectivity index (χ4n) is 5.13. The van der Waals surface area contributed by atoms with Crippen LogP contribution in [0.1, 0.15) is 84.3 Å². The Hall–Kier alpha value is -3.80. The van der Waals surface area contributed by atoms with E-state index >= 15 is 0 Å². The van der Waals surface area contributed by atoms with E-state index in [0.29, 0.717) is 0 Å². The Morgan fingerprint density at radius 3 is 1.08 bits per heavy atom. The van der Waals surface area contributed by atoms with Gasteiger partial charge in [0.05, 0.1) is 11.1 Å². The normalized spacial score (nSPS) is 14.9. The van der Waals surface area contributed by atoms with Crippen LogP contribution in [0.4, 0.5) is 0 Å². The molecule has 0 aliphatic carbocycles. The van der Waals surface area contributed by atoms with Gasteiger partial charge in [-0.25, -0.2) is 0 Å². The third-order valence-electron chi connectivity index (χ3n) is 6.63. The van der Waals surface area contributed by atoms with Crippen molar-refractivity contribution in [3.63, 3.8) is 0 Å². The van der Waals surface area contributed by atoms with E-state index in [1.807, 2.05) is 41.5 Å². The summed E-state index contributed by atoms with van der Waals surface area (Å²) in [6.07, 6.45) is 2.84. The number of rotatable bonds is 9. The molecule has 2 N–H and O–H groups in total. The fraction of sp³-hybridized carbons (Fsp3) is 0.375. The summed E-state index contributed by atoms with van der Waals surface area (Å²) in [5, 5.41) is 20.3. The molecule has 2 aromatic carbocycles. The third kappa shape index (κ3) is 7.15. The molecule has 0 saturated carbocycles. The van der Waals surface area contributed by atoms with Gasteiger partial charge >= 0.3 is 0 Å². The first kappa shape index (κ1) is 30.4. The van der Waals surface area contributed by atoms with Gasteiger partial charge in [0, 0.05) is 12.4 Å². The molecule has 2 aromatic rings. The van der Waals surface area contributed by atoms with E-state index in [2.05, 4.69) is 24.3 Å². The first-order chi connectivity index (χ1) is 17.6. The van der Waals surface area contributed by atoms with Crippen LogP contribution in [0.15, 0.2) is 56.9 Å². The monoisotopic (exact) mass is 516 g/mol. The van der Waals surface area contributed by atoms with Crippen molar-refractivity contribution < 1.29 is 19.8 Å². The Morgan fingerprint density at radius 1 is 0.605 bits per heavy atom. The lowest BCUT2D eigenvalue weighted by Crippen LogP contribution is -2.16. The maximum atomic E-state index is 12.3. The second-order valence-corrected chi connectivity index (χ2v) is 10.2. The van der Waals surface area contributed by atoms with E-state index in [4.69, 9.17) is 9.98 Å². The number of ketones is 2. The SMILES string of the molecule is CC(=O)C(C=N[C@H](c1c(C)cc(C)cc1C)[C@H](N=C/C(C(C)=O)=C(/C)O)c1c(C)cc(C)cc1C)=C(C)O. The number of hydrogen-bond acceptors (Lipinski definition) is 6. The molecule has 0 saturated heterocycles. The molecular formula is C32H40N2O4. The van der Waals surface area contributed by atoms with Crippen molar-refractivity contribution in [3.8, 4) is 0 Å². The van der Waals surface area contributed by atoms with Crippen LogP contribution in [0.25, 0.3) is 0 Å². The lowest BCUT2D eigenvalue weighted by molar-refractivity contribution is -0.114. The van der Waals surface area contributed by atoms with Crippen molar-refractivity contribution >= 4 is 24.0 Å². The van der Waals surface area contributed by atoms with Crippen LogP contribution >= 0.6 is 0 Å². The number of benzene rings is 2. The summed E-state index contributed by atoms with van der Waals surface area (Å²) >= 11 is 0. The predicted molar refractivity (Wildman–Crippen MR) is 156 cm³/mol. The van der Waals surface area contributed by atoms with Gasteiger partial charge in [-0.2, -0.15) is 0 Å². The van der Waals surface area contributed by atoms with E-state index in [9.17, 15) is 19.8 Å². The smallest absolute Gasteiger partial charge is 0.164 e. The fourth-order valence-corrected chi connectivity index (χ4v) is 5.13. The largest absolute Gasteiger partial charge is 0.512 e. The maximum absolute atomic E-state index is 12.3. The van der Waals surface area contributed by atoms with Crippen LogP contribution in [-0.2, 0) is 9.59 Å². The summed E-state index contributed by atoms with van der Waals surface area (Å²) in [5.41, 5.74) is 8.42. The van der Waals surface area contributed by atoms with Gasteiger partial charge in [-0.1, -0.05) is 35.4 Å². The van der Waals surface area contributed by atoms with Gasteiger partial charge in [0.15, 0.2) is 11.6 Å². The third-order valence-corrected chi connectivity index (χ3v) is 6.63. The number of aliphatic imine (C=N–C) groups is 2. The Balaban J connectivity index is 3.01. The second kappa shape index (κ2) is 12.6. The topological polar surface area (TPSA) is 99.3 Å². The van der Waals surface area contributed by atoms with Gasteiger partial charge in [-0.3, -0.25) is 19.6 Å². The van der Waals surface area contributed by atoms with Crippen LogP contribution in [0.2, 0.25) is 0 Å². The number of aryl methyl sites for hydroxylation is 6. The first-order valence-electron chi connectivity index (χ1n) is 12.7. The van der Waals surface area contributed by atoms with Gasteiger partial charge in [0.2, 0.25) is 0 Å². The number of Topliss-reactive ketones (excluding diaryl/α,β-unsaturated/α-hetero) is 2. The number of allylic oxidation sites excluding steroid dienone is 4. The number of hydrogen-bond donors (Lipinski definition) is 2. The minimum Gasteiger partial charge on any atom is -0.512 e. The minimum atomic E-state index is -0.590. The molecule has 0 aromatic heterocycles. The Labute approximate surface area is 226 Å². The van der Waals surface area contributed by atoms with Crippen molar-refractivity contribution in [2.45, 2.75) is 81.3 Å². The second-order valence-electron chi connectivity index (χ2n) is 10.2. The quantitative estimate of drug-likeness (QED) is 0.207. The highest BCUT2D eigenvalue weighted by Gasteiger charge is 2.29. The molecule has 0 heterocycles. The Kier molecular flexibility index (Phi) is 10.1. The standard InChI is InChI=1S/C32H40N2O4/c1-17-11-19(3)29(20(4)12-17)31(33-15-27(23(7)35)24(8)36)32(34-16-28(25(9)37)26(10)38)30-21(5)13-18(2)14-22(30)6/h11-16,31-32,35,37H,1-10H3/b27-23+,28-25?,33-15?,34-16?/t31-,32-/m1/s1. The molecule has 6 nitrogen and oxygen atoms in total. The lowest BCUT2D eigenvalue weighted by Gasteiger charge is -2.28. The molecule has 2 atom stereocenters. The van der Waals surface area contributed by atoms with Crippen molar-refractivity contribution in [1.29, 1.82) is 0 Å². The molecule has 0 unspecified atom stereocenters. The zero-order valence-electron chi connectivity index (χ0n) is 24.2. The van der Waals surface area contributed by atoms with Gasteiger partial charge in [-0.05, 0) is 103 Å². The number of aliphatic hydroxyl groups is 2. The van der Waals surface area contributed by atoms with E-state index < -0.39 is 12.1 Å². The highest BCUT2D eigenvalue weighted by atomic mass is 16.3. The average molecular weight is 517 g/mol. The number of carbonyl (C=O) groups is 2. The highest BCUT2D eigenvalue weighted by molar-refractivity contribution is 6.13. The highest BCUT2D eigenvalue weighted by Crippen LogP contribution is 2.41. The molecule has 0 radical (unpaired) electrons. The molecule has 0 bridgehead atoms. The maximum Gasteiger partial charge on any atom is 0.164 e. The van der Waals surface area contributed by atoms with Gasteiger partial charge in [0.25, 0.3) is 0 Å². The first-order valence-corrected chi connectivity index (χ1v) is 12.7.